The van der Waals surface area contributed by atoms with Crippen molar-refractivity contribution in [3.05, 3.63) is 59.7 Å². The van der Waals surface area contributed by atoms with E-state index in [9.17, 15) is 0 Å². The lowest BCUT2D eigenvalue weighted by Crippen LogP contribution is -2.83. The van der Waals surface area contributed by atoms with E-state index < -0.39 is 0 Å². The van der Waals surface area contributed by atoms with E-state index in [0.717, 1.165) is 56.9 Å². The lowest BCUT2D eigenvalue weighted by atomic mass is 9.66. The van der Waals surface area contributed by atoms with Crippen LogP contribution in [0.5, 0.6) is 11.5 Å². The van der Waals surface area contributed by atoms with Crippen LogP contribution in [0.2, 0.25) is 0 Å². The molecule has 1 heterocycles. The van der Waals surface area contributed by atoms with Crippen LogP contribution in [0.25, 0.3) is 0 Å². The zero-order valence-electron chi connectivity index (χ0n) is 18.4. The summed E-state index contributed by atoms with van der Waals surface area (Å²) in [5, 5.41) is 2.42. The predicted octanol–water partition coefficient (Wildman–Crippen LogP) is 4.07. The van der Waals surface area contributed by atoms with E-state index in [1.54, 1.807) is 14.2 Å². The van der Waals surface area contributed by atoms with E-state index in [1.165, 1.54) is 11.1 Å². The van der Waals surface area contributed by atoms with E-state index in [4.69, 9.17) is 14.2 Å². The SMILES string of the molecule is CC[C@@]1(C)C[C@](CC[NH2+]Cc2ccc(OC)cc2)(c2ccc(OC)cc2)CCO1. The molecule has 2 aromatic carbocycles. The van der Waals surface area contributed by atoms with Crippen LogP contribution < -0.4 is 14.8 Å². The highest BCUT2D eigenvalue weighted by Crippen LogP contribution is 2.45. The van der Waals surface area contributed by atoms with Crippen molar-refractivity contribution in [3.8, 4) is 11.5 Å². The summed E-state index contributed by atoms with van der Waals surface area (Å²) in [6.45, 7) is 7.42. The maximum atomic E-state index is 6.19. The van der Waals surface area contributed by atoms with Crippen LogP contribution in [0.15, 0.2) is 48.5 Å². The van der Waals surface area contributed by atoms with Crippen molar-refractivity contribution in [2.24, 2.45) is 0 Å². The molecule has 0 unspecified atom stereocenters. The van der Waals surface area contributed by atoms with Gasteiger partial charge in [0.25, 0.3) is 0 Å². The summed E-state index contributed by atoms with van der Waals surface area (Å²) in [6.07, 6.45) is 4.33. The molecule has 0 aliphatic carbocycles. The van der Waals surface area contributed by atoms with Gasteiger partial charge in [-0.05, 0) is 68.1 Å². The minimum atomic E-state index is -0.0475. The highest BCUT2D eigenvalue weighted by atomic mass is 16.5. The first kappa shape index (κ1) is 21.7. The number of quaternary nitrogens is 1. The van der Waals surface area contributed by atoms with Gasteiger partial charge in [0.2, 0.25) is 0 Å². The number of hydrogen-bond acceptors (Lipinski definition) is 3. The minimum absolute atomic E-state index is 0.0475. The van der Waals surface area contributed by atoms with Crippen molar-refractivity contribution in [2.75, 3.05) is 27.4 Å². The van der Waals surface area contributed by atoms with Crippen molar-refractivity contribution in [3.63, 3.8) is 0 Å². The lowest BCUT2D eigenvalue weighted by molar-refractivity contribution is -0.672. The molecule has 0 amide bonds. The van der Waals surface area contributed by atoms with Crippen LogP contribution in [0.3, 0.4) is 0 Å². The standard InChI is InChI=1S/C25H35NO3/c1-5-24(2)19-25(15-17-29-24,21-8-12-23(28-4)13-9-21)14-16-26-18-20-6-10-22(27-3)11-7-20/h6-13,26H,5,14-19H2,1-4H3/p+1/t24-,25+/m0/s1. The Morgan fingerprint density at radius 2 is 1.59 bits per heavy atom. The number of benzene rings is 2. The van der Waals surface area contributed by atoms with E-state index in [-0.39, 0.29) is 11.0 Å². The summed E-state index contributed by atoms with van der Waals surface area (Å²) in [4.78, 5) is 0. The Morgan fingerprint density at radius 1 is 0.966 bits per heavy atom. The van der Waals surface area contributed by atoms with Gasteiger partial charge in [0.15, 0.2) is 0 Å². The third-order valence-corrected chi connectivity index (χ3v) is 6.56. The molecule has 2 atom stereocenters. The molecule has 0 aromatic heterocycles. The van der Waals surface area contributed by atoms with Crippen molar-refractivity contribution in [1.29, 1.82) is 0 Å². The topological polar surface area (TPSA) is 44.3 Å². The van der Waals surface area contributed by atoms with Gasteiger partial charge in [0.1, 0.15) is 18.0 Å². The van der Waals surface area contributed by atoms with Gasteiger partial charge in [-0.1, -0.05) is 19.1 Å². The van der Waals surface area contributed by atoms with E-state index in [1.807, 2.05) is 12.1 Å². The highest BCUT2D eigenvalue weighted by molar-refractivity contribution is 5.33. The van der Waals surface area contributed by atoms with Gasteiger partial charge in [0, 0.05) is 24.0 Å². The van der Waals surface area contributed by atoms with Gasteiger partial charge >= 0.3 is 0 Å². The van der Waals surface area contributed by atoms with Gasteiger partial charge < -0.3 is 19.5 Å². The molecule has 4 heteroatoms. The van der Waals surface area contributed by atoms with Gasteiger partial charge in [-0.15, -0.1) is 0 Å². The molecule has 0 spiro atoms. The molecule has 158 valence electrons. The third-order valence-electron chi connectivity index (χ3n) is 6.56. The highest BCUT2D eigenvalue weighted by Gasteiger charge is 2.43. The van der Waals surface area contributed by atoms with Crippen molar-refractivity contribution in [2.45, 2.75) is 57.1 Å². The molecular formula is C25H36NO3+. The van der Waals surface area contributed by atoms with Crippen LogP contribution in [-0.2, 0) is 16.7 Å². The molecule has 4 nitrogen and oxygen atoms in total. The Morgan fingerprint density at radius 3 is 2.17 bits per heavy atom. The third kappa shape index (κ3) is 5.31. The fourth-order valence-corrected chi connectivity index (χ4v) is 4.53. The van der Waals surface area contributed by atoms with Gasteiger partial charge in [-0.2, -0.15) is 0 Å². The Kier molecular flexibility index (Phi) is 7.20. The molecule has 2 aromatic rings. The molecule has 0 saturated carbocycles. The summed E-state index contributed by atoms with van der Waals surface area (Å²) >= 11 is 0. The Hall–Kier alpha value is -2.04. The normalized spacial score (nSPS) is 24.3. The first-order valence-corrected chi connectivity index (χ1v) is 10.8. The minimum Gasteiger partial charge on any atom is -0.497 e. The fraction of sp³-hybridized carbons (Fsp3) is 0.520. The van der Waals surface area contributed by atoms with E-state index >= 15 is 0 Å². The number of hydrogen-bond donors (Lipinski definition) is 1. The molecule has 0 radical (unpaired) electrons. The molecule has 29 heavy (non-hydrogen) atoms. The van der Waals surface area contributed by atoms with E-state index in [2.05, 4.69) is 55.6 Å². The average Bonchev–Trinajstić information content (AvgIpc) is 2.77. The fourth-order valence-electron chi connectivity index (χ4n) is 4.53. The van der Waals surface area contributed by atoms with Gasteiger partial charge in [0.05, 0.1) is 26.4 Å². The Labute approximate surface area is 175 Å². The first-order valence-electron chi connectivity index (χ1n) is 10.8. The first-order chi connectivity index (χ1) is 14.0. The predicted molar refractivity (Wildman–Crippen MR) is 117 cm³/mol. The maximum Gasteiger partial charge on any atom is 0.118 e. The largest absolute Gasteiger partial charge is 0.497 e. The van der Waals surface area contributed by atoms with Crippen LogP contribution >= 0.6 is 0 Å². The molecule has 1 saturated heterocycles. The van der Waals surface area contributed by atoms with Crippen molar-refractivity contribution >= 4 is 0 Å². The zero-order valence-corrected chi connectivity index (χ0v) is 18.4. The molecule has 2 N–H and O–H groups in total. The number of methoxy groups -OCH3 is 2. The summed E-state index contributed by atoms with van der Waals surface area (Å²) in [5.41, 5.74) is 2.86. The Bertz CT molecular complexity index is 759. The van der Waals surface area contributed by atoms with Crippen LogP contribution in [-0.4, -0.2) is 33.0 Å². The quantitative estimate of drug-likeness (QED) is 0.648. The number of ether oxygens (including phenoxy) is 3. The number of rotatable bonds is 9. The van der Waals surface area contributed by atoms with Crippen molar-refractivity contribution < 1.29 is 19.5 Å². The second kappa shape index (κ2) is 9.64. The summed E-state index contributed by atoms with van der Waals surface area (Å²) in [6, 6.07) is 17.1. The van der Waals surface area contributed by atoms with Gasteiger partial charge in [-0.25, -0.2) is 0 Å². The summed E-state index contributed by atoms with van der Waals surface area (Å²) in [5.74, 6) is 1.83. The molecular weight excluding hydrogens is 362 g/mol. The van der Waals surface area contributed by atoms with Crippen molar-refractivity contribution in [1.82, 2.24) is 0 Å². The van der Waals surface area contributed by atoms with Gasteiger partial charge in [-0.3, -0.25) is 0 Å². The lowest BCUT2D eigenvalue weighted by Gasteiger charge is -2.46. The van der Waals surface area contributed by atoms with Crippen LogP contribution in [0, 0.1) is 0 Å². The summed E-state index contributed by atoms with van der Waals surface area (Å²) in [7, 11) is 3.43. The average molecular weight is 399 g/mol. The molecule has 1 aliphatic rings. The Balaban J connectivity index is 1.69. The van der Waals surface area contributed by atoms with E-state index in [0.29, 0.717) is 0 Å². The summed E-state index contributed by atoms with van der Waals surface area (Å²) < 4.78 is 16.8. The maximum absolute atomic E-state index is 6.19. The monoisotopic (exact) mass is 398 g/mol. The van der Waals surface area contributed by atoms with Crippen LogP contribution in [0.4, 0.5) is 0 Å². The molecule has 1 aliphatic heterocycles. The van der Waals surface area contributed by atoms with Crippen LogP contribution in [0.1, 0.15) is 50.7 Å². The smallest absolute Gasteiger partial charge is 0.118 e. The molecule has 0 bridgehead atoms. The molecule has 3 rings (SSSR count). The number of nitrogens with two attached hydrogens (primary N) is 1. The second-order valence-electron chi connectivity index (χ2n) is 8.47. The second-order valence-corrected chi connectivity index (χ2v) is 8.47. The zero-order chi connectivity index (χ0) is 20.7. The molecule has 1 fully saturated rings.